The highest BCUT2D eigenvalue weighted by Gasteiger charge is 2.22. The summed E-state index contributed by atoms with van der Waals surface area (Å²) in [6.45, 7) is 6.31. The minimum atomic E-state index is -2.82. The van der Waals surface area contributed by atoms with E-state index >= 15 is 0 Å². The van der Waals surface area contributed by atoms with Crippen molar-refractivity contribution in [3.63, 3.8) is 0 Å². The van der Waals surface area contributed by atoms with E-state index in [-0.39, 0.29) is 5.75 Å². The van der Waals surface area contributed by atoms with Crippen molar-refractivity contribution in [3.8, 4) is 0 Å². The van der Waals surface area contributed by atoms with Crippen LogP contribution in [0.25, 0.3) is 0 Å². The van der Waals surface area contributed by atoms with Crippen molar-refractivity contribution in [1.82, 2.24) is 10.2 Å². The summed E-state index contributed by atoms with van der Waals surface area (Å²) in [5.74, 6) is 0.582. The fourth-order valence-electron chi connectivity index (χ4n) is 2.66. The molecule has 0 bridgehead atoms. The molecule has 0 aromatic rings. The van der Waals surface area contributed by atoms with Gasteiger partial charge in [-0.25, -0.2) is 8.42 Å². The van der Waals surface area contributed by atoms with Crippen molar-refractivity contribution in [2.75, 3.05) is 51.4 Å². The minimum Gasteiger partial charge on any atom is -0.383 e. The summed E-state index contributed by atoms with van der Waals surface area (Å²) in [6.07, 6.45) is 4.47. The van der Waals surface area contributed by atoms with Gasteiger partial charge in [-0.2, -0.15) is 0 Å². The predicted octanol–water partition coefficient (Wildman–Crippen LogP) is 0.902. The molecule has 5 nitrogen and oxygen atoms in total. The van der Waals surface area contributed by atoms with E-state index in [4.69, 9.17) is 4.74 Å². The van der Waals surface area contributed by atoms with Crippen LogP contribution in [0.5, 0.6) is 0 Å². The predicted molar refractivity (Wildman–Crippen MR) is 82.9 cm³/mol. The quantitative estimate of drug-likeness (QED) is 0.608. The van der Waals surface area contributed by atoms with Crippen molar-refractivity contribution < 1.29 is 13.2 Å². The smallest absolute Gasteiger partial charge is 0.150 e. The SMILES string of the molecule is CCS(=O)(=O)CCCN1CCCCC1CNCCOC. The second-order valence-electron chi connectivity index (χ2n) is 5.47. The van der Waals surface area contributed by atoms with E-state index in [1.807, 2.05) is 0 Å². The fraction of sp³-hybridized carbons (Fsp3) is 1.00. The summed E-state index contributed by atoms with van der Waals surface area (Å²) in [6, 6.07) is 0.546. The zero-order valence-electron chi connectivity index (χ0n) is 12.9. The largest absolute Gasteiger partial charge is 0.383 e. The summed E-state index contributed by atoms with van der Waals surface area (Å²) in [5, 5.41) is 3.42. The summed E-state index contributed by atoms with van der Waals surface area (Å²) >= 11 is 0. The third-order valence-electron chi connectivity index (χ3n) is 3.95. The Labute approximate surface area is 124 Å². The first-order valence-electron chi connectivity index (χ1n) is 7.73. The Morgan fingerprint density at radius 2 is 2.15 bits per heavy atom. The lowest BCUT2D eigenvalue weighted by molar-refractivity contribution is 0.140. The highest BCUT2D eigenvalue weighted by atomic mass is 32.2. The number of likely N-dealkylation sites (tertiary alicyclic amines) is 1. The molecule has 20 heavy (non-hydrogen) atoms. The number of rotatable bonds is 10. The van der Waals surface area contributed by atoms with Crippen LogP contribution in [-0.4, -0.2) is 70.8 Å². The number of piperidine rings is 1. The first kappa shape index (κ1) is 17.9. The van der Waals surface area contributed by atoms with Gasteiger partial charge < -0.3 is 10.1 Å². The van der Waals surface area contributed by atoms with E-state index in [9.17, 15) is 8.42 Å². The second kappa shape index (κ2) is 9.71. The normalized spacial score (nSPS) is 21.2. The molecule has 1 N–H and O–H groups in total. The van der Waals surface area contributed by atoms with Crippen LogP contribution in [0.3, 0.4) is 0 Å². The fourth-order valence-corrected chi connectivity index (χ4v) is 3.52. The molecule has 1 heterocycles. The summed E-state index contributed by atoms with van der Waals surface area (Å²) in [7, 11) is -1.11. The molecule has 1 fully saturated rings. The van der Waals surface area contributed by atoms with Gasteiger partial charge in [-0.3, -0.25) is 4.90 Å². The molecule has 0 aromatic carbocycles. The Balaban J connectivity index is 2.29. The van der Waals surface area contributed by atoms with Crippen LogP contribution in [0.2, 0.25) is 0 Å². The van der Waals surface area contributed by atoms with Crippen molar-refractivity contribution in [2.45, 2.75) is 38.6 Å². The van der Waals surface area contributed by atoms with Crippen LogP contribution in [0.15, 0.2) is 0 Å². The van der Waals surface area contributed by atoms with Gasteiger partial charge in [-0.05, 0) is 32.4 Å². The zero-order valence-corrected chi connectivity index (χ0v) is 13.8. The number of nitrogens with zero attached hydrogens (tertiary/aromatic N) is 1. The Kier molecular flexibility index (Phi) is 8.68. The molecule has 0 aromatic heterocycles. The van der Waals surface area contributed by atoms with Gasteiger partial charge in [0.1, 0.15) is 9.84 Å². The van der Waals surface area contributed by atoms with Crippen molar-refractivity contribution >= 4 is 9.84 Å². The van der Waals surface area contributed by atoms with E-state index in [1.54, 1.807) is 14.0 Å². The molecule has 1 aliphatic rings. The van der Waals surface area contributed by atoms with E-state index in [2.05, 4.69) is 10.2 Å². The van der Waals surface area contributed by atoms with Gasteiger partial charge >= 0.3 is 0 Å². The number of ether oxygens (including phenoxy) is 1. The Morgan fingerprint density at radius 1 is 1.35 bits per heavy atom. The van der Waals surface area contributed by atoms with Gasteiger partial charge in [0.15, 0.2) is 0 Å². The van der Waals surface area contributed by atoms with Gasteiger partial charge in [0.25, 0.3) is 0 Å². The Morgan fingerprint density at radius 3 is 2.85 bits per heavy atom. The van der Waals surface area contributed by atoms with Crippen LogP contribution in [0, 0.1) is 0 Å². The molecule has 1 rings (SSSR count). The molecule has 6 heteroatoms. The average Bonchev–Trinajstić information content (AvgIpc) is 2.45. The number of sulfone groups is 1. The first-order chi connectivity index (χ1) is 9.59. The van der Waals surface area contributed by atoms with E-state index in [1.165, 1.54) is 19.3 Å². The zero-order chi connectivity index (χ0) is 14.8. The molecule has 0 aliphatic carbocycles. The van der Waals surface area contributed by atoms with Gasteiger partial charge in [0, 0.05) is 32.0 Å². The van der Waals surface area contributed by atoms with Crippen LogP contribution < -0.4 is 5.32 Å². The van der Waals surface area contributed by atoms with Crippen LogP contribution in [0.1, 0.15) is 32.6 Å². The van der Waals surface area contributed by atoms with Crippen molar-refractivity contribution in [3.05, 3.63) is 0 Å². The van der Waals surface area contributed by atoms with Gasteiger partial charge in [0.2, 0.25) is 0 Å². The lowest BCUT2D eigenvalue weighted by Gasteiger charge is -2.36. The maximum Gasteiger partial charge on any atom is 0.150 e. The molecule has 1 saturated heterocycles. The second-order valence-corrected chi connectivity index (χ2v) is 7.95. The molecule has 0 spiro atoms. The highest BCUT2D eigenvalue weighted by Crippen LogP contribution is 2.16. The Hall–Kier alpha value is -0.170. The molecule has 0 saturated carbocycles. The molecule has 1 unspecified atom stereocenters. The van der Waals surface area contributed by atoms with Crippen LogP contribution >= 0.6 is 0 Å². The lowest BCUT2D eigenvalue weighted by atomic mass is 10.0. The van der Waals surface area contributed by atoms with Crippen LogP contribution in [0.4, 0.5) is 0 Å². The molecule has 0 amide bonds. The van der Waals surface area contributed by atoms with E-state index in [0.29, 0.717) is 11.8 Å². The maximum atomic E-state index is 11.5. The highest BCUT2D eigenvalue weighted by molar-refractivity contribution is 7.91. The van der Waals surface area contributed by atoms with E-state index in [0.717, 1.165) is 39.2 Å². The molecule has 1 atom stereocenters. The number of nitrogens with one attached hydrogen (secondary N) is 1. The molecule has 0 radical (unpaired) electrons. The van der Waals surface area contributed by atoms with Crippen molar-refractivity contribution in [2.24, 2.45) is 0 Å². The van der Waals surface area contributed by atoms with Gasteiger partial charge in [-0.15, -0.1) is 0 Å². The molecule has 120 valence electrons. The third-order valence-corrected chi connectivity index (χ3v) is 5.74. The topological polar surface area (TPSA) is 58.6 Å². The molecular formula is C14H30N2O3S. The van der Waals surface area contributed by atoms with Gasteiger partial charge in [0.05, 0.1) is 12.4 Å². The lowest BCUT2D eigenvalue weighted by Crippen LogP contribution is -2.46. The van der Waals surface area contributed by atoms with E-state index < -0.39 is 9.84 Å². The Bertz CT molecular complexity index is 346. The molecular weight excluding hydrogens is 276 g/mol. The van der Waals surface area contributed by atoms with Crippen LogP contribution in [-0.2, 0) is 14.6 Å². The standard InChI is InChI=1S/C14H30N2O3S/c1-3-20(17,18)12-6-10-16-9-5-4-7-14(16)13-15-8-11-19-2/h14-15H,3-13H2,1-2H3. The minimum absolute atomic E-state index is 0.259. The third kappa shape index (κ3) is 7.02. The average molecular weight is 306 g/mol. The summed E-state index contributed by atoms with van der Waals surface area (Å²) < 4.78 is 28.1. The number of hydrogen-bond donors (Lipinski definition) is 1. The number of methoxy groups -OCH3 is 1. The monoisotopic (exact) mass is 306 g/mol. The maximum absolute atomic E-state index is 11.5. The first-order valence-corrected chi connectivity index (χ1v) is 9.55. The molecule has 1 aliphatic heterocycles. The summed E-state index contributed by atoms with van der Waals surface area (Å²) in [5.41, 5.74) is 0. The van der Waals surface area contributed by atoms with Crippen molar-refractivity contribution in [1.29, 1.82) is 0 Å². The van der Waals surface area contributed by atoms with Gasteiger partial charge in [-0.1, -0.05) is 13.3 Å². The number of hydrogen-bond acceptors (Lipinski definition) is 5. The summed E-state index contributed by atoms with van der Waals surface area (Å²) in [4.78, 5) is 2.45.